The van der Waals surface area contributed by atoms with Gasteiger partial charge in [-0.05, 0) is 64.7 Å². The summed E-state index contributed by atoms with van der Waals surface area (Å²) < 4.78 is 5.35. The van der Waals surface area contributed by atoms with Gasteiger partial charge >= 0.3 is 0 Å². The van der Waals surface area contributed by atoms with Crippen LogP contribution in [0.4, 0.5) is 5.69 Å². The minimum absolute atomic E-state index is 0.0395. The number of nitrogens with zero attached hydrogens (tertiary/aromatic N) is 1. The first-order valence-corrected chi connectivity index (χ1v) is 12.0. The van der Waals surface area contributed by atoms with E-state index in [0.717, 1.165) is 50.8 Å². The van der Waals surface area contributed by atoms with Gasteiger partial charge in [-0.2, -0.15) is 0 Å². The number of amides is 1. The van der Waals surface area contributed by atoms with Crippen molar-refractivity contribution in [3.8, 4) is 22.4 Å². The van der Waals surface area contributed by atoms with Crippen LogP contribution in [0, 0.1) is 0 Å². The lowest BCUT2D eigenvalue weighted by Crippen LogP contribution is -2.40. The summed E-state index contributed by atoms with van der Waals surface area (Å²) in [5.74, 6) is 0.0395. The number of nitrogens with one attached hydrogen (secondary N) is 2. The van der Waals surface area contributed by atoms with Gasteiger partial charge < -0.3 is 25.7 Å². The van der Waals surface area contributed by atoms with E-state index in [1.54, 1.807) is 6.20 Å². The predicted molar refractivity (Wildman–Crippen MR) is 143 cm³/mol. The zero-order valence-corrected chi connectivity index (χ0v) is 19.9. The van der Waals surface area contributed by atoms with Crippen molar-refractivity contribution in [1.29, 1.82) is 0 Å². The molecule has 1 aromatic heterocycles. The highest BCUT2D eigenvalue weighted by Crippen LogP contribution is 2.35. The van der Waals surface area contributed by atoms with Crippen molar-refractivity contribution in [3.63, 3.8) is 0 Å². The van der Waals surface area contributed by atoms with Crippen LogP contribution >= 0.6 is 0 Å². The van der Waals surface area contributed by atoms with Gasteiger partial charge in [0.1, 0.15) is 6.29 Å². The standard InChI is InChI=1S/C29H28N4O3/c30-19-22-17-23(31-11-2-14-34)9-10-24(22)25-3-1-4-27-26(25)18-28(32-27)20-5-7-21(8-6-20)29(35)33-12-15-36-16-13-33/h1-11,14,17-18,31-32H,12-13,15-16,19,30H2. The van der Waals surface area contributed by atoms with E-state index in [1.165, 1.54) is 6.08 Å². The lowest BCUT2D eigenvalue weighted by molar-refractivity contribution is -0.104. The van der Waals surface area contributed by atoms with Crippen LogP contribution in [0.3, 0.4) is 0 Å². The molecule has 1 amide bonds. The summed E-state index contributed by atoms with van der Waals surface area (Å²) in [6.07, 6.45) is 3.73. The highest BCUT2D eigenvalue weighted by molar-refractivity contribution is 5.99. The Morgan fingerprint density at radius 2 is 1.83 bits per heavy atom. The highest BCUT2D eigenvalue weighted by atomic mass is 16.5. The number of aromatic nitrogens is 1. The molecule has 36 heavy (non-hydrogen) atoms. The van der Waals surface area contributed by atoms with Gasteiger partial charge in [0.15, 0.2) is 0 Å². The fourth-order valence-electron chi connectivity index (χ4n) is 4.59. The van der Waals surface area contributed by atoms with Gasteiger partial charge in [0, 0.05) is 53.7 Å². The molecule has 0 aliphatic carbocycles. The van der Waals surface area contributed by atoms with Gasteiger partial charge in [-0.15, -0.1) is 0 Å². The molecule has 7 nitrogen and oxygen atoms in total. The molecular weight excluding hydrogens is 452 g/mol. The predicted octanol–water partition coefficient (Wildman–Crippen LogP) is 4.56. The molecule has 1 aliphatic heterocycles. The molecule has 0 bridgehead atoms. The number of rotatable bonds is 7. The van der Waals surface area contributed by atoms with E-state index >= 15 is 0 Å². The van der Waals surface area contributed by atoms with Crippen molar-refractivity contribution in [2.45, 2.75) is 6.54 Å². The molecule has 3 aromatic carbocycles. The van der Waals surface area contributed by atoms with E-state index < -0.39 is 0 Å². The number of nitrogens with two attached hydrogens (primary N) is 1. The SMILES string of the molecule is NCc1cc(NC=CC=O)ccc1-c1cccc2[nH]c(-c3ccc(C(=O)N4CCOCC4)cc3)cc12. The quantitative estimate of drug-likeness (QED) is 0.266. The lowest BCUT2D eigenvalue weighted by Gasteiger charge is -2.26. The molecule has 1 aliphatic rings. The molecule has 1 saturated heterocycles. The Bertz CT molecular complexity index is 1420. The number of allylic oxidation sites excluding steroid dienone is 1. The Hall–Kier alpha value is -4.20. The molecule has 182 valence electrons. The lowest BCUT2D eigenvalue weighted by atomic mass is 9.96. The maximum atomic E-state index is 12.8. The first kappa shape index (κ1) is 23.5. The molecule has 0 saturated carbocycles. The van der Waals surface area contributed by atoms with Crippen LogP contribution in [0.25, 0.3) is 33.3 Å². The number of fused-ring (bicyclic) bond motifs is 1. The normalized spacial score (nSPS) is 13.9. The van der Waals surface area contributed by atoms with Crippen LogP contribution in [0.5, 0.6) is 0 Å². The maximum absolute atomic E-state index is 12.8. The number of morpholine rings is 1. The summed E-state index contributed by atoms with van der Waals surface area (Å²) in [6, 6.07) is 22.1. The molecule has 5 rings (SSSR count). The number of H-pyrrole nitrogens is 1. The Morgan fingerprint density at radius 3 is 2.58 bits per heavy atom. The van der Waals surface area contributed by atoms with Crippen LogP contribution in [-0.2, 0) is 16.1 Å². The maximum Gasteiger partial charge on any atom is 0.254 e. The number of carbonyl (C=O) groups excluding carboxylic acids is 2. The fourth-order valence-corrected chi connectivity index (χ4v) is 4.59. The van der Waals surface area contributed by atoms with Gasteiger partial charge in [-0.1, -0.05) is 30.3 Å². The summed E-state index contributed by atoms with van der Waals surface area (Å²) >= 11 is 0. The minimum Gasteiger partial charge on any atom is -0.378 e. The number of anilines is 1. The Kier molecular flexibility index (Phi) is 6.93. The minimum atomic E-state index is 0.0395. The third-order valence-electron chi connectivity index (χ3n) is 6.45. The summed E-state index contributed by atoms with van der Waals surface area (Å²) in [5, 5.41) is 4.18. The van der Waals surface area contributed by atoms with Gasteiger partial charge in [-0.25, -0.2) is 0 Å². The van der Waals surface area contributed by atoms with Gasteiger partial charge in [-0.3, -0.25) is 9.59 Å². The average molecular weight is 481 g/mol. The first-order chi connectivity index (χ1) is 17.7. The van der Waals surface area contributed by atoms with Crippen LogP contribution in [-0.4, -0.2) is 48.4 Å². The monoisotopic (exact) mass is 480 g/mol. The smallest absolute Gasteiger partial charge is 0.254 e. The van der Waals surface area contributed by atoms with Crippen molar-refractivity contribution >= 4 is 28.8 Å². The van der Waals surface area contributed by atoms with Crippen molar-refractivity contribution in [2.75, 3.05) is 31.6 Å². The zero-order valence-electron chi connectivity index (χ0n) is 19.9. The number of carbonyl (C=O) groups is 2. The molecule has 0 spiro atoms. The van der Waals surface area contributed by atoms with Gasteiger partial charge in [0.2, 0.25) is 0 Å². The van der Waals surface area contributed by atoms with Crippen LogP contribution in [0.1, 0.15) is 15.9 Å². The van der Waals surface area contributed by atoms with Crippen molar-refractivity contribution in [3.05, 3.63) is 90.1 Å². The first-order valence-electron chi connectivity index (χ1n) is 12.0. The fraction of sp³-hybridized carbons (Fsp3) is 0.172. The number of hydrogen-bond donors (Lipinski definition) is 3. The molecule has 4 N–H and O–H groups in total. The van der Waals surface area contributed by atoms with Crippen molar-refractivity contribution < 1.29 is 14.3 Å². The number of benzene rings is 3. The summed E-state index contributed by atoms with van der Waals surface area (Å²) in [7, 11) is 0. The van der Waals surface area contributed by atoms with Crippen LogP contribution in [0.2, 0.25) is 0 Å². The number of aromatic amines is 1. The molecule has 0 unspecified atom stereocenters. The second-order valence-electron chi connectivity index (χ2n) is 8.65. The van der Waals surface area contributed by atoms with Crippen molar-refractivity contribution in [1.82, 2.24) is 9.88 Å². The molecule has 1 fully saturated rings. The molecule has 0 radical (unpaired) electrons. The molecule has 2 heterocycles. The van der Waals surface area contributed by atoms with E-state index in [-0.39, 0.29) is 5.91 Å². The van der Waals surface area contributed by atoms with E-state index in [4.69, 9.17) is 10.5 Å². The second kappa shape index (κ2) is 10.6. The topological polar surface area (TPSA) is 100 Å². The number of ether oxygens (including phenoxy) is 1. The second-order valence-corrected chi connectivity index (χ2v) is 8.65. The number of aldehydes is 1. The summed E-state index contributed by atoms with van der Waals surface area (Å²) in [6.45, 7) is 2.81. The molecule has 0 atom stereocenters. The number of hydrogen-bond acceptors (Lipinski definition) is 5. The van der Waals surface area contributed by atoms with E-state index in [2.05, 4.69) is 28.5 Å². The van der Waals surface area contributed by atoms with Crippen molar-refractivity contribution in [2.24, 2.45) is 5.73 Å². The van der Waals surface area contributed by atoms with E-state index in [9.17, 15) is 9.59 Å². The summed E-state index contributed by atoms with van der Waals surface area (Å²) in [4.78, 5) is 28.7. The Morgan fingerprint density at radius 1 is 1.03 bits per heavy atom. The Balaban J connectivity index is 1.44. The highest BCUT2D eigenvalue weighted by Gasteiger charge is 2.18. The zero-order chi connectivity index (χ0) is 24.9. The van der Waals surface area contributed by atoms with Crippen LogP contribution in [0.15, 0.2) is 79.0 Å². The third kappa shape index (κ3) is 4.79. The van der Waals surface area contributed by atoms with E-state index in [1.807, 2.05) is 53.4 Å². The third-order valence-corrected chi connectivity index (χ3v) is 6.45. The van der Waals surface area contributed by atoms with Gasteiger partial charge in [0.25, 0.3) is 5.91 Å². The van der Waals surface area contributed by atoms with Gasteiger partial charge in [0.05, 0.1) is 13.2 Å². The largest absolute Gasteiger partial charge is 0.378 e. The van der Waals surface area contributed by atoms with Crippen LogP contribution < -0.4 is 11.1 Å². The average Bonchev–Trinajstić information content (AvgIpc) is 3.38. The molecule has 7 heteroatoms. The Labute approximate surface area is 209 Å². The molecular formula is C29H28N4O3. The van der Waals surface area contributed by atoms with E-state index in [0.29, 0.717) is 38.4 Å². The summed E-state index contributed by atoms with van der Waals surface area (Å²) in [5.41, 5.74) is 13.8. The molecule has 4 aromatic rings.